The second-order valence-electron chi connectivity index (χ2n) is 8.40. The zero-order valence-corrected chi connectivity index (χ0v) is 20.1. The van der Waals surface area contributed by atoms with Crippen LogP contribution >= 0.6 is 11.8 Å². The van der Waals surface area contributed by atoms with E-state index in [4.69, 9.17) is 5.26 Å². The van der Waals surface area contributed by atoms with Crippen molar-refractivity contribution in [1.82, 2.24) is 15.6 Å². The summed E-state index contributed by atoms with van der Waals surface area (Å²) in [5.74, 6) is -1.04. The summed E-state index contributed by atoms with van der Waals surface area (Å²) in [5.41, 5.74) is 0.892. The maximum absolute atomic E-state index is 14.7. The zero-order valence-electron chi connectivity index (χ0n) is 19.3. The first-order valence-corrected chi connectivity index (χ1v) is 12.3. The Bertz CT molecular complexity index is 1180. The summed E-state index contributed by atoms with van der Waals surface area (Å²) in [7, 11) is 1.57. The van der Waals surface area contributed by atoms with Crippen LogP contribution in [0, 0.1) is 29.0 Å². The Morgan fingerprint density at radius 1 is 1.29 bits per heavy atom. The van der Waals surface area contributed by atoms with Crippen molar-refractivity contribution in [1.29, 1.82) is 5.26 Å². The molecule has 0 saturated heterocycles. The Kier molecular flexibility index (Phi) is 7.66. The molecule has 1 aliphatic carbocycles. The molecule has 2 aromatic rings. The lowest BCUT2D eigenvalue weighted by Gasteiger charge is -2.39. The molecular formula is C25H26F2N6OS. The Balaban J connectivity index is 1.69. The van der Waals surface area contributed by atoms with Crippen LogP contribution < -0.4 is 10.6 Å². The van der Waals surface area contributed by atoms with Gasteiger partial charge in [0.25, 0.3) is 0 Å². The lowest BCUT2D eigenvalue weighted by atomic mass is 9.84. The van der Waals surface area contributed by atoms with Crippen LogP contribution in [0.5, 0.6) is 0 Å². The van der Waals surface area contributed by atoms with Gasteiger partial charge in [-0.1, -0.05) is 48.5 Å². The molecule has 0 bridgehead atoms. The van der Waals surface area contributed by atoms with Crippen molar-refractivity contribution < 1.29 is 13.6 Å². The van der Waals surface area contributed by atoms with Gasteiger partial charge in [0.2, 0.25) is 11.9 Å². The van der Waals surface area contributed by atoms with Gasteiger partial charge in [-0.2, -0.15) is 10.4 Å². The number of halogens is 2. The number of amides is 1. The summed E-state index contributed by atoms with van der Waals surface area (Å²) in [5, 5.41) is 20.8. The maximum Gasteiger partial charge on any atom is 0.247 e. The van der Waals surface area contributed by atoms with Crippen molar-refractivity contribution in [2.45, 2.75) is 37.0 Å². The molecule has 0 aromatic heterocycles. The second kappa shape index (κ2) is 10.9. The number of thioether (sulfide) groups is 1. The number of aliphatic imine (C=N–C) groups is 1. The molecule has 10 heteroatoms. The van der Waals surface area contributed by atoms with Crippen molar-refractivity contribution >= 4 is 28.7 Å². The van der Waals surface area contributed by atoms with Gasteiger partial charge in [-0.15, -0.1) is 0 Å². The largest absolute Gasteiger partial charge is 0.356 e. The SMILES string of the molecule is CN=C(NC#N)NCCCC1(c2ccccc2)SC(c2cc(F)ccc2F)=NN1C(=O)C1CCC1. The quantitative estimate of drug-likeness (QED) is 0.196. The smallest absolute Gasteiger partial charge is 0.247 e. The zero-order chi connectivity index (χ0) is 24.8. The number of nitriles is 1. The van der Waals surface area contributed by atoms with Gasteiger partial charge in [-0.05, 0) is 49.4 Å². The van der Waals surface area contributed by atoms with Crippen molar-refractivity contribution in [3.8, 4) is 6.19 Å². The fraction of sp³-hybridized carbons (Fsp3) is 0.360. The van der Waals surface area contributed by atoms with E-state index in [1.54, 1.807) is 7.05 Å². The van der Waals surface area contributed by atoms with E-state index >= 15 is 0 Å². The highest BCUT2D eigenvalue weighted by Crippen LogP contribution is 2.51. The topological polar surface area (TPSA) is 92.9 Å². The minimum Gasteiger partial charge on any atom is -0.356 e. The van der Waals surface area contributed by atoms with Gasteiger partial charge in [0.15, 0.2) is 6.19 Å². The second-order valence-corrected chi connectivity index (χ2v) is 9.67. The Hall–Kier alpha value is -3.45. The van der Waals surface area contributed by atoms with Crippen molar-refractivity contribution in [2.24, 2.45) is 16.0 Å². The van der Waals surface area contributed by atoms with Crippen LogP contribution in [0.1, 0.15) is 43.2 Å². The van der Waals surface area contributed by atoms with Crippen LogP contribution in [0.4, 0.5) is 8.78 Å². The number of guanidine groups is 1. The predicted molar refractivity (Wildman–Crippen MR) is 132 cm³/mol. The number of nitrogens with zero attached hydrogens (tertiary/aromatic N) is 4. The van der Waals surface area contributed by atoms with Gasteiger partial charge in [-0.3, -0.25) is 15.1 Å². The van der Waals surface area contributed by atoms with Gasteiger partial charge in [-0.25, -0.2) is 13.8 Å². The first-order valence-electron chi connectivity index (χ1n) is 11.5. The molecule has 1 aliphatic heterocycles. The summed E-state index contributed by atoms with van der Waals surface area (Å²) in [4.78, 5) is 16.6. The van der Waals surface area contributed by atoms with Gasteiger partial charge in [0.1, 0.15) is 21.5 Å². The first kappa shape index (κ1) is 24.7. The molecule has 35 heavy (non-hydrogen) atoms. The molecule has 4 rings (SSSR count). The third-order valence-corrected chi connectivity index (χ3v) is 7.67. The Labute approximate surface area is 207 Å². The van der Waals surface area contributed by atoms with Crippen LogP contribution in [-0.2, 0) is 9.67 Å². The van der Waals surface area contributed by atoms with E-state index in [1.165, 1.54) is 16.8 Å². The molecule has 2 aliphatic rings. The van der Waals surface area contributed by atoms with Crippen molar-refractivity contribution in [2.75, 3.05) is 13.6 Å². The van der Waals surface area contributed by atoms with E-state index in [-0.39, 0.29) is 22.4 Å². The fourth-order valence-electron chi connectivity index (χ4n) is 4.17. The highest BCUT2D eigenvalue weighted by Gasteiger charge is 2.50. The number of hydrogen-bond donors (Lipinski definition) is 2. The summed E-state index contributed by atoms with van der Waals surface area (Å²) in [6, 6.07) is 12.8. The van der Waals surface area contributed by atoms with Crippen molar-refractivity contribution in [3.63, 3.8) is 0 Å². The molecule has 7 nitrogen and oxygen atoms in total. The first-order chi connectivity index (χ1) is 17.0. The van der Waals surface area contributed by atoms with E-state index in [2.05, 4.69) is 20.7 Å². The van der Waals surface area contributed by atoms with Gasteiger partial charge in [0, 0.05) is 25.1 Å². The van der Waals surface area contributed by atoms with Gasteiger partial charge < -0.3 is 5.32 Å². The molecule has 1 saturated carbocycles. The van der Waals surface area contributed by atoms with Crippen LogP contribution in [-0.4, -0.2) is 35.5 Å². The average molecular weight is 497 g/mol. The van der Waals surface area contributed by atoms with Gasteiger partial charge >= 0.3 is 0 Å². The molecule has 0 spiro atoms. The van der Waals surface area contributed by atoms with E-state index in [1.807, 2.05) is 36.5 Å². The molecular weight excluding hydrogens is 470 g/mol. The normalized spacial score (nSPS) is 20.1. The van der Waals surface area contributed by atoms with Gasteiger partial charge in [0.05, 0.1) is 0 Å². The molecule has 0 radical (unpaired) electrons. The van der Waals surface area contributed by atoms with E-state index in [0.29, 0.717) is 25.3 Å². The summed E-state index contributed by atoms with van der Waals surface area (Å²) in [6.07, 6.45) is 5.48. The number of hydrazone groups is 1. The summed E-state index contributed by atoms with van der Waals surface area (Å²) in [6.45, 7) is 0.478. The number of nitrogens with one attached hydrogen (secondary N) is 2. The van der Waals surface area contributed by atoms with Crippen LogP contribution in [0.2, 0.25) is 0 Å². The minimum atomic E-state index is -0.921. The number of carbonyl (C=O) groups excluding carboxylic acids is 1. The molecule has 1 fully saturated rings. The lowest BCUT2D eigenvalue weighted by molar-refractivity contribution is -0.142. The summed E-state index contributed by atoms with van der Waals surface area (Å²) >= 11 is 1.27. The summed E-state index contributed by atoms with van der Waals surface area (Å²) < 4.78 is 28.8. The van der Waals surface area contributed by atoms with E-state index in [0.717, 1.165) is 43.0 Å². The predicted octanol–water partition coefficient (Wildman–Crippen LogP) is 4.28. The molecule has 182 valence electrons. The number of carbonyl (C=O) groups is 1. The number of rotatable bonds is 7. The standard InChI is InChI=1S/C25H26F2N6OS/c1-29-24(31-16-28)30-14-6-13-25(18-9-3-2-4-10-18)33(23(34)17-7-5-8-17)32-22(35-25)20-15-19(26)11-12-21(20)27/h2-4,9-12,15,17H,5-8,13-14H2,1H3,(H2,29,30,31). The van der Waals surface area contributed by atoms with E-state index < -0.39 is 16.5 Å². The minimum absolute atomic E-state index is 0.0379. The number of hydrogen-bond acceptors (Lipinski definition) is 5. The highest BCUT2D eigenvalue weighted by molar-refractivity contribution is 8.15. The molecule has 1 atom stereocenters. The third-order valence-electron chi connectivity index (χ3n) is 6.23. The third kappa shape index (κ3) is 5.15. The van der Waals surface area contributed by atoms with E-state index in [9.17, 15) is 13.6 Å². The maximum atomic E-state index is 14.7. The Morgan fingerprint density at radius 2 is 2.06 bits per heavy atom. The molecule has 1 heterocycles. The average Bonchev–Trinajstić information content (AvgIpc) is 3.22. The monoisotopic (exact) mass is 496 g/mol. The number of benzene rings is 2. The fourth-order valence-corrected chi connectivity index (χ4v) is 5.60. The van der Waals surface area contributed by atoms with Crippen LogP contribution in [0.15, 0.2) is 58.6 Å². The Morgan fingerprint density at radius 3 is 2.71 bits per heavy atom. The van der Waals surface area contributed by atoms with Crippen molar-refractivity contribution in [3.05, 3.63) is 71.3 Å². The molecule has 1 amide bonds. The molecule has 2 aromatic carbocycles. The lowest BCUT2D eigenvalue weighted by Crippen LogP contribution is -2.46. The van der Waals surface area contributed by atoms with Crippen LogP contribution in [0.25, 0.3) is 0 Å². The van der Waals surface area contributed by atoms with Crippen LogP contribution in [0.3, 0.4) is 0 Å². The highest BCUT2D eigenvalue weighted by atomic mass is 32.2. The molecule has 1 unspecified atom stereocenters. The molecule has 2 N–H and O–H groups in total.